The first kappa shape index (κ1) is 19.5. The lowest BCUT2D eigenvalue weighted by atomic mass is 10.1. The van der Waals surface area contributed by atoms with Crippen molar-refractivity contribution in [2.24, 2.45) is 7.05 Å². The SMILES string of the molecule is Cc1nn(C)cc1[C@@H](C)NC(=O)c1cc(C2CC2)nc2c1c(C)nn2-c1ccccc1. The van der Waals surface area contributed by atoms with Gasteiger partial charge in [-0.3, -0.25) is 9.48 Å². The Hall–Kier alpha value is -3.48. The van der Waals surface area contributed by atoms with E-state index < -0.39 is 0 Å². The molecule has 0 bridgehead atoms. The number of carbonyl (C=O) groups is 1. The van der Waals surface area contributed by atoms with Crippen molar-refractivity contribution in [3.8, 4) is 5.69 Å². The molecule has 1 amide bonds. The monoisotopic (exact) mass is 414 g/mol. The lowest BCUT2D eigenvalue weighted by molar-refractivity contribution is 0.0941. The van der Waals surface area contributed by atoms with E-state index in [4.69, 9.17) is 10.1 Å². The molecule has 1 aromatic carbocycles. The van der Waals surface area contributed by atoms with Crippen LogP contribution >= 0.6 is 0 Å². The van der Waals surface area contributed by atoms with E-state index in [0.717, 1.165) is 52.2 Å². The molecule has 1 atom stereocenters. The number of para-hydroxylation sites is 1. The fourth-order valence-electron chi connectivity index (χ4n) is 4.22. The Morgan fingerprint density at radius 1 is 1.13 bits per heavy atom. The van der Waals surface area contributed by atoms with E-state index in [-0.39, 0.29) is 11.9 Å². The van der Waals surface area contributed by atoms with Crippen LogP contribution in [0.4, 0.5) is 0 Å². The Kier molecular flexibility index (Phi) is 4.61. The number of nitrogens with one attached hydrogen (secondary N) is 1. The molecule has 3 heterocycles. The summed E-state index contributed by atoms with van der Waals surface area (Å²) in [6.45, 7) is 5.88. The molecule has 3 aromatic heterocycles. The number of benzene rings is 1. The van der Waals surface area contributed by atoms with E-state index in [1.807, 2.05) is 75.1 Å². The molecule has 31 heavy (non-hydrogen) atoms. The van der Waals surface area contributed by atoms with Gasteiger partial charge in [-0.2, -0.15) is 10.2 Å². The van der Waals surface area contributed by atoms with Crippen LogP contribution in [0.15, 0.2) is 42.6 Å². The molecule has 5 rings (SSSR count). The van der Waals surface area contributed by atoms with Gasteiger partial charge in [-0.05, 0) is 51.8 Å². The van der Waals surface area contributed by atoms with Gasteiger partial charge in [0.1, 0.15) is 0 Å². The number of hydrogen-bond acceptors (Lipinski definition) is 4. The molecule has 0 radical (unpaired) electrons. The number of fused-ring (bicyclic) bond motifs is 1. The van der Waals surface area contributed by atoms with E-state index >= 15 is 0 Å². The predicted molar refractivity (Wildman–Crippen MR) is 119 cm³/mol. The third-order valence-electron chi connectivity index (χ3n) is 5.94. The van der Waals surface area contributed by atoms with Crippen molar-refractivity contribution in [2.45, 2.75) is 45.6 Å². The zero-order valence-corrected chi connectivity index (χ0v) is 18.3. The highest BCUT2D eigenvalue weighted by Gasteiger charge is 2.29. The van der Waals surface area contributed by atoms with Crippen LogP contribution in [0.5, 0.6) is 0 Å². The van der Waals surface area contributed by atoms with Crippen molar-refractivity contribution < 1.29 is 4.79 Å². The maximum absolute atomic E-state index is 13.5. The average molecular weight is 415 g/mol. The van der Waals surface area contributed by atoms with Crippen molar-refractivity contribution in [1.82, 2.24) is 29.9 Å². The average Bonchev–Trinajstić information content (AvgIpc) is 3.48. The van der Waals surface area contributed by atoms with Crippen LogP contribution in [0.25, 0.3) is 16.7 Å². The van der Waals surface area contributed by atoms with Crippen molar-refractivity contribution in [3.05, 3.63) is 70.8 Å². The third kappa shape index (κ3) is 3.50. The van der Waals surface area contributed by atoms with Gasteiger partial charge in [0.2, 0.25) is 0 Å². The summed E-state index contributed by atoms with van der Waals surface area (Å²) in [5.41, 5.74) is 6.02. The first-order valence-corrected chi connectivity index (χ1v) is 10.7. The number of rotatable bonds is 5. The van der Waals surface area contributed by atoms with Gasteiger partial charge in [0, 0.05) is 30.4 Å². The summed E-state index contributed by atoms with van der Waals surface area (Å²) < 4.78 is 3.62. The Labute approximate surface area is 181 Å². The first-order chi connectivity index (χ1) is 14.9. The minimum atomic E-state index is -0.154. The Morgan fingerprint density at radius 2 is 1.87 bits per heavy atom. The smallest absolute Gasteiger partial charge is 0.252 e. The highest BCUT2D eigenvalue weighted by Crippen LogP contribution is 2.40. The molecular formula is C24H26N6O. The van der Waals surface area contributed by atoms with Crippen LogP contribution in [0, 0.1) is 13.8 Å². The summed E-state index contributed by atoms with van der Waals surface area (Å²) in [6, 6.07) is 11.8. The van der Waals surface area contributed by atoms with E-state index in [1.54, 1.807) is 4.68 Å². The zero-order chi connectivity index (χ0) is 21.7. The van der Waals surface area contributed by atoms with Gasteiger partial charge < -0.3 is 5.32 Å². The molecule has 1 aliphatic rings. The molecule has 0 spiro atoms. The van der Waals surface area contributed by atoms with E-state index in [1.165, 1.54) is 0 Å². The molecule has 158 valence electrons. The van der Waals surface area contributed by atoms with E-state index in [2.05, 4.69) is 10.4 Å². The summed E-state index contributed by atoms with van der Waals surface area (Å²) in [5.74, 6) is 0.314. The van der Waals surface area contributed by atoms with Gasteiger partial charge in [-0.1, -0.05) is 18.2 Å². The molecule has 1 N–H and O–H groups in total. The van der Waals surface area contributed by atoms with Crippen LogP contribution in [-0.4, -0.2) is 30.5 Å². The second kappa shape index (κ2) is 7.34. The fraction of sp³-hybridized carbons (Fsp3) is 0.333. The third-order valence-corrected chi connectivity index (χ3v) is 5.94. The normalized spacial score (nSPS) is 14.7. The summed E-state index contributed by atoms with van der Waals surface area (Å²) in [7, 11) is 1.89. The standard InChI is InChI=1S/C24H26N6O/c1-14(20-13-29(4)27-15(20)2)25-24(31)19-12-21(17-10-11-17)26-23-22(19)16(3)28-30(23)18-8-6-5-7-9-18/h5-9,12-14,17H,10-11H2,1-4H3,(H,25,31)/t14-/m1/s1. The number of aromatic nitrogens is 5. The summed E-state index contributed by atoms with van der Waals surface area (Å²) in [5, 5.41) is 13.1. The van der Waals surface area contributed by atoms with Gasteiger partial charge in [-0.25, -0.2) is 9.67 Å². The van der Waals surface area contributed by atoms with Gasteiger partial charge in [-0.15, -0.1) is 0 Å². The molecule has 1 saturated carbocycles. The quantitative estimate of drug-likeness (QED) is 0.532. The Balaban J connectivity index is 1.60. The number of nitrogens with zero attached hydrogens (tertiary/aromatic N) is 5. The van der Waals surface area contributed by atoms with Gasteiger partial charge in [0.25, 0.3) is 5.91 Å². The second-order valence-electron chi connectivity index (χ2n) is 8.44. The van der Waals surface area contributed by atoms with Crippen molar-refractivity contribution >= 4 is 16.9 Å². The highest BCUT2D eigenvalue weighted by atomic mass is 16.1. The van der Waals surface area contributed by atoms with Crippen LogP contribution in [-0.2, 0) is 7.05 Å². The van der Waals surface area contributed by atoms with Crippen LogP contribution in [0.1, 0.15) is 64.7 Å². The molecule has 7 nitrogen and oxygen atoms in total. The number of hydrogen-bond donors (Lipinski definition) is 1. The Bertz CT molecular complexity index is 1280. The summed E-state index contributed by atoms with van der Waals surface area (Å²) >= 11 is 0. The topological polar surface area (TPSA) is 77.6 Å². The number of aryl methyl sites for hydroxylation is 3. The lowest BCUT2D eigenvalue weighted by Gasteiger charge is -2.15. The van der Waals surface area contributed by atoms with Crippen molar-refractivity contribution in [1.29, 1.82) is 0 Å². The largest absolute Gasteiger partial charge is 0.345 e. The zero-order valence-electron chi connectivity index (χ0n) is 18.3. The highest BCUT2D eigenvalue weighted by molar-refractivity contribution is 6.07. The molecule has 0 unspecified atom stereocenters. The molecule has 0 saturated heterocycles. The van der Waals surface area contributed by atoms with Gasteiger partial charge in [0.15, 0.2) is 5.65 Å². The predicted octanol–water partition coefficient (Wildman–Crippen LogP) is 4.14. The summed E-state index contributed by atoms with van der Waals surface area (Å²) in [6.07, 6.45) is 4.18. The second-order valence-corrected chi connectivity index (χ2v) is 8.44. The minimum absolute atomic E-state index is 0.110. The molecule has 0 aliphatic heterocycles. The van der Waals surface area contributed by atoms with Crippen LogP contribution < -0.4 is 5.32 Å². The lowest BCUT2D eigenvalue weighted by Crippen LogP contribution is -2.27. The van der Waals surface area contributed by atoms with Gasteiger partial charge in [0.05, 0.1) is 34.1 Å². The number of carbonyl (C=O) groups excluding carboxylic acids is 1. The van der Waals surface area contributed by atoms with E-state index in [9.17, 15) is 4.79 Å². The molecule has 1 fully saturated rings. The fourth-order valence-corrected chi connectivity index (χ4v) is 4.22. The summed E-state index contributed by atoms with van der Waals surface area (Å²) in [4.78, 5) is 18.4. The van der Waals surface area contributed by atoms with Crippen molar-refractivity contribution in [3.63, 3.8) is 0 Å². The minimum Gasteiger partial charge on any atom is -0.345 e. The molecule has 1 aliphatic carbocycles. The molecular weight excluding hydrogens is 388 g/mol. The van der Waals surface area contributed by atoms with E-state index in [0.29, 0.717) is 11.5 Å². The maximum atomic E-state index is 13.5. The molecule has 7 heteroatoms. The van der Waals surface area contributed by atoms with Gasteiger partial charge >= 0.3 is 0 Å². The van der Waals surface area contributed by atoms with Crippen LogP contribution in [0.3, 0.4) is 0 Å². The number of pyridine rings is 1. The van der Waals surface area contributed by atoms with Crippen molar-refractivity contribution in [2.75, 3.05) is 0 Å². The molecule has 4 aromatic rings. The number of amides is 1. The Morgan fingerprint density at radius 3 is 2.52 bits per heavy atom. The first-order valence-electron chi connectivity index (χ1n) is 10.7. The van der Waals surface area contributed by atoms with Crippen LogP contribution in [0.2, 0.25) is 0 Å². The maximum Gasteiger partial charge on any atom is 0.252 e.